The standard InChI is InChI=1S/C22H34Cl2N2O3.C2H7NO/c1-2-3-4-5-6-7-8-21(27)25-20(22(28)29)17-18-9-11-19(12-10-18)26(15-13-23)16-14-24;3-1-2-4/h9-12,20H,2-8,13-17H2,1H3,(H,25,27)(H,28,29);4H,1-3H2/t20-;/m0./s1. The number of unbranched alkanes of at least 4 members (excludes halogenated alkanes) is 5. The maximum atomic E-state index is 12.1. The van der Waals surface area contributed by atoms with Crippen LogP contribution in [-0.2, 0) is 16.0 Å². The maximum Gasteiger partial charge on any atom is 0.326 e. The molecule has 33 heavy (non-hydrogen) atoms. The van der Waals surface area contributed by atoms with Gasteiger partial charge >= 0.3 is 5.97 Å². The molecule has 0 aliphatic carbocycles. The Morgan fingerprint density at radius 1 is 1.03 bits per heavy atom. The number of hydrogen-bond donors (Lipinski definition) is 4. The second-order valence-electron chi connectivity index (χ2n) is 7.72. The van der Waals surface area contributed by atoms with Crippen molar-refractivity contribution in [1.82, 2.24) is 5.32 Å². The van der Waals surface area contributed by atoms with E-state index in [9.17, 15) is 14.7 Å². The largest absolute Gasteiger partial charge is 0.480 e. The molecular formula is C24H41Cl2N3O4. The van der Waals surface area contributed by atoms with Gasteiger partial charge in [0.1, 0.15) is 6.04 Å². The highest BCUT2D eigenvalue weighted by molar-refractivity contribution is 6.18. The Bertz CT molecular complexity index is 625. The minimum atomic E-state index is -1.02. The number of carboxylic acid groups (broad SMARTS) is 1. The van der Waals surface area contributed by atoms with E-state index in [-0.39, 0.29) is 18.9 Å². The summed E-state index contributed by atoms with van der Waals surface area (Å²) in [4.78, 5) is 25.8. The Balaban J connectivity index is 0.00000235. The van der Waals surface area contributed by atoms with Crippen molar-refractivity contribution in [3.63, 3.8) is 0 Å². The summed E-state index contributed by atoms with van der Waals surface area (Å²) in [5, 5.41) is 19.9. The van der Waals surface area contributed by atoms with Gasteiger partial charge < -0.3 is 26.2 Å². The van der Waals surface area contributed by atoms with Crippen molar-refractivity contribution in [2.24, 2.45) is 5.73 Å². The van der Waals surface area contributed by atoms with Gasteiger partial charge in [-0.25, -0.2) is 4.79 Å². The normalized spacial score (nSPS) is 11.3. The molecule has 0 unspecified atom stereocenters. The van der Waals surface area contributed by atoms with E-state index in [1.807, 2.05) is 24.3 Å². The molecule has 0 spiro atoms. The Hall–Kier alpha value is -1.54. The molecule has 1 amide bonds. The van der Waals surface area contributed by atoms with Gasteiger partial charge in [0.05, 0.1) is 6.61 Å². The van der Waals surface area contributed by atoms with Gasteiger partial charge in [-0.05, 0) is 24.1 Å². The number of aliphatic hydroxyl groups is 1. The molecule has 1 aromatic rings. The number of benzene rings is 1. The summed E-state index contributed by atoms with van der Waals surface area (Å²) in [6.07, 6.45) is 7.17. The van der Waals surface area contributed by atoms with Crippen molar-refractivity contribution in [2.45, 2.75) is 64.3 Å². The first-order valence-electron chi connectivity index (χ1n) is 11.7. The highest BCUT2D eigenvalue weighted by Crippen LogP contribution is 2.17. The van der Waals surface area contributed by atoms with Crippen molar-refractivity contribution < 1.29 is 19.8 Å². The van der Waals surface area contributed by atoms with E-state index in [4.69, 9.17) is 34.0 Å². The monoisotopic (exact) mass is 505 g/mol. The number of rotatable bonds is 17. The lowest BCUT2D eigenvalue weighted by atomic mass is 10.0. The molecule has 5 N–H and O–H groups in total. The van der Waals surface area contributed by atoms with Gasteiger partial charge in [-0.2, -0.15) is 0 Å². The molecule has 0 radical (unpaired) electrons. The lowest BCUT2D eigenvalue weighted by Gasteiger charge is -2.23. The molecular weight excluding hydrogens is 465 g/mol. The molecule has 0 saturated carbocycles. The average molecular weight is 507 g/mol. The van der Waals surface area contributed by atoms with Gasteiger partial charge in [0, 0.05) is 49.9 Å². The zero-order valence-corrected chi connectivity index (χ0v) is 21.3. The van der Waals surface area contributed by atoms with Crippen molar-refractivity contribution in [1.29, 1.82) is 0 Å². The molecule has 0 aromatic heterocycles. The Morgan fingerprint density at radius 3 is 2.06 bits per heavy atom. The van der Waals surface area contributed by atoms with E-state index in [1.165, 1.54) is 19.3 Å². The minimum absolute atomic E-state index is 0.0972. The summed E-state index contributed by atoms with van der Waals surface area (Å²) in [6, 6.07) is 6.73. The first-order valence-corrected chi connectivity index (χ1v) is 12.8. The number of carbonyl (C=O) groups excluding carboxylic acids is 1. The zero-order chi connectivity index (χ0) is 24.9. The first kappa shape index (κ1) is 31.5. The number of carboxylic acids is 1. The summed E-state index contributed by atoms with van der Waals surface area (Å²) in [5.41, 5.74) is 6.63. The van der Waals surface area contributed by atoms with E-state index in [2.05, 4.69) is 17.1 Å². The lowest BCUT2D eigenvalue weighted by Crippen LogP contribution is -2.42. The molecule has 1 atom stereocenters. The summed E-state index contributed by atoms with van der Waals surface area (Å²) in [6.45, 7) is 4.03. The smallest absolute Gasteiger partial charge is 0.326 e. The number of nitrogens with zero attached hydrogens (tertiary/aromatic N) is 1. The summed E-state index contributed by atoms with van der Waals surface area (Å²) < 4.78 is 0. The van der Waals surface area contributed by atoms with Crippen LogP contribution in [0.2, 0.25) is 0 Å². The number of nitrogens with two attached hydrogens (primary N) is 1. The first-order chi connectivity index (χ1) is 15.9. The molecule has 1 rings (SSSR count). The van der Waals surface area contributed by atoms with Crippen LogP contribution in [0.15, 0.2) is 24.3 Å². The van der Waals surface area contributed by atoms with Gasteiger partial charge in [0.15, 0.2) is 0 Å². The number of aliphatic carboxylic acids is 1. The van der Waals surface area contributed by atoms with Gasteiger partial charge in [0.2, 0.25) is 5.91 Å². The second-order valence-corrected chi connectivity index (χ2v) is 8.48. The number of halogens is 2. The third-order valence-electron chi connectivity index (χ3n) is 4.97. The maximum absolute atomic E-state index is 12.1. The molecule has 9 heteroatoms. The predicted molar refractivity (Wildman–Crippen MR) is 137 cm³/mol. The Morgan fingerprint density at radius 2 is 1.58 bits per heavy atom. The van der Waals surface area contributed by atoms with Gasteiger partial charge in [-0.1, -0.05) is 51.2 Å². The predicted octanol–water partition coefficient (Wildman–Crippen LogP) is 3.77. The SMILES string of the molecule is CCCCCCCCC(=O)N[C@@H](Cc1ccc(N(CCCl)CCCl)cc1)C(=O)O.NCCO. The fraction of sp³-hybridized carbons (Fsp3) is 0.667. The van der Waals surface area contributed by atoms with E-state index in [0.29, 0.717) is 37.8 Å². The highest BCUT2D eigenvalue weighted by atomic mass is 35.5. The van der Waals surface area contributed by atoms with Crippen LogP contribution in [0.4, 0.5) is 5.69 Å². The average Bonchev–Trinajstić information content (AvgIpc) is 2.81. The van der Waals surface area contributed by atoms with Crippen LogP contribution in [0, 0.1) is 0 Å². The van der Waals surface area contributed by atoms with E-state index < -0.39 is 12.0 Å². The topological polar surface area (TPSA) is 116 Å². The summed E-state index contributed by atoms with van der Waals surface area (Å²) in [5.74, 6) is -0.203. The molecule has 0 fully saturated rings. The minimum Gasteiger partial charge on any atom is -0.480 e. The van der Waals surface area contributed by atoms with Crippen molar-refractivity contribution in [3.05, 3.63) is 29.8 Å². The van der Waals surface area contributed by atoms with Gasteiger partial charge in [-0.3, -0.25) is 4.79 Å². The zero-order valence-electron chi connectivity index (χ0n) is 19.8. The van der Waals surface area contributed by atoms with E-state index >= 15 is 0 Å². The van der Waals surface area contributed by atoms with Crippen LogP contribution in [-0.4, -0.2) is 66.1 Å². The third kappa shape index (κ3) is 15.8. The molecule has 0 aliphatic rings. The number of carbonyl (C=O) groups is 2. The molecule has 1 aromatic carbocycles. The van der Waals surface area contributed by atoms with Crippen molar-refractivity contribution in [2.75, 3.05) is 42.9 Å². The van der Waals surface area contributed by atoms with E-state index in [0.717, 1.165) is 30.5 Å². The number of nitrogens with one attached hydrogen (secondary N) is 1. The fourth-order valence-corrected chi connectivity index (χ4v) is 3.59. The molecule has 0 bridgehead atoms. The number of amides is 1. The van der Waals surface area contributed by atoms with Crippen LogP contribution in [0.25, 0.3) is 0 Å². The molecule has 0 heterocycles. The third-order valence-corrected chi connectivity index (χ3v) is 5.31. The second kappa shape index (κ2) is 21.0. The van der Waals surface area contributed by atoms with Crippen molar-refractivity contribution in [3.8, 4) is 0 Å². The summed E-state index contributed by atoms with van der Waals surface area (Å²) in [7, 11) is 0. The van der Waals surface area contributed by atoms with E-state index in [1.54, 1.807) is 0 Å². The number of aliphatic hydroxyl groups excluding tert-OH is 1. The van der Waals surface area contributed by atoms with Crippen LogP contribution >= 0.6 is 23.2 Å². The van der Waals surface area contributed by atoms with Crippen LogP contribution in [0.5, 0.6) is 0 Å². The number of anilines is 1. The highest BCUT2D eigenvalue weighted by Gasteiger charge is 2.20. The van der Waals surface area contributed by atoms with Gasteiger partial charge in [0.25, 0.3) is 0 Å². The lowest BCUT2D eigenvalue weighted by molar-refractivity contribution is -0.141. The molecule has 0 saturated heterocycles. The van der Waals surface area contributed by atoms with Crippen molar-refractivity contribution >= 4 is 40.8 Å². The number of hydrogen-bond acceptors (Lipinski definition) is 5. The van der Waals surface area contributed by atoms with Crippen LogP contribution in [0.1, 0.15) is 57.4 Å². The Kier molecular flexibility index (Phi) is 20.0. The Labute approximate surface area is 208 Å². The number of alkyl halides is 2. The fourth-order valence-electron chi connectivity index (χ4n) is 3.19. The van der Waals surface area contributed by atoms with Crippen LogP contribution < -0.4 is 16.0 Å². The molecule has 0 aliphatic heterocycles. The van der Waals surface area contributed by atoms with Gasteiger partial charge in [-0.15, -0.1) is 23.2 Å². The molecule has 190 valence electrons. The summed E-state index contributed by atoms with van der Waals surface area (Å²) >= 11 is 11.7. The molecule has 7 nitrogen and oxygen atoms in total. The quantitative estimate of drug-likeness (QED) is 0.189. The van der Waals surface area contributed by atoms with Crippen LogP contribution in [0.3, 0.4) is 0 Å².